The second kappa shape index (κ2) is 5.86. The molecule has 0 unspecified atom stereocenters. The molecule has 1 aliphatic carbocycles. The van der Waals surface area contributed by atoms with Crippen molar-refractivity contribution in [2.45, 2.75) is 32.3 Å². The van der Waals surface area contributed by atoms with Gasteiger partial charge in [-0.3, -0.25) is 0 Å². The molecule has 0 spiro atoms. The normalized spacial score (nSPS) is 22.3. The van der Waals surface area contributed by atoms with Crippen LogP contribution >= 0.6 is 0 Å². The molecule has 100 valence electrons. The lowest BCUT2D eigenvalue weighted by Gasteiger charge is -2.31. The van der Waals surface area contributed by atoms with Crippen LogP contribution in [0.4, 0.5) is 17.6 Å². The minimum atomic E-state index is -0.117. The zero-order valence-corrected chi connectivity index (χ0v) is 10.7. The molecule has 1 fully saturated rings. The van der Waals surface area contributed by atoms with Crippen LogP contribution in [-0.4, -0.2) is 34.3 Å². The number of rotatable bonds is 6. The van der Waals surface area contributed by atoms with Gasteiger partial charge in [0, 0.05) is 19.2 Å². The highest BCUT2D eigenvalue weighted by atomic mass is 16.3. The first kappa shape index (κ1) is 12.9. The fraction of sp³-hybridized carbons (Fsp3) is 0.667. The molecule has 0 aliphatic heterocycles. The van der Waals surface area contributed by atoms with Gasteiger partial charge < -0.3 is 21.5 Å². The molecule has 0 amide bonds. The first-order valence-corrected chi connectivity index (χ1v) is 6.47. The maximum Gasteiger partial charge on any atom is 0.223 e. The van der Waals surface area contributed by atoms with Crippen molar-refractivity contribution in [2.24, 2.45) is 5.92 Å². The Balaban J connectivity index is 1.88. The first-order chi connectivity index (χ1) is 8.67. The molecule has 1 aromatic rings. The molecule has 1 aromatic heterocycles. The fourth-order valence-electron chi connectivity index (χ4n) is 2.02. The van der Waals surface area contributed by atoms with Gasteiger partial charge in [0.25, 0.3) is 0 Å². The molecule has 0 bridgehead atoms. The smallest absolute Gasteiger partial charge is 0.223 e. The van der Waals surface area contributed by atoms with Crippen molar-refractivity contribution in [1.82, 2.24) is 9.97 Å². The van der Waals surface area contributed by atoms with Gasteiger partial charge in [0.1, 0.15) is 11.6 Å². The minimum absolute atomic E-state index is 0.117. The Morgan fingerprint density at radius 1 is 1.33 bits per heavy atom. The van der Waals surface area contributed by atoms with Gasteiger partial charge in [-0.05, 0) is 25.2 Å². The molecule has 1 aliphatic rings. The number of anilines is 3. The number of nitrogens with zero attached hydrogens (tertiary/aromatic N) is 2. The van der Waals surface area contributed by atoms with Crippen molar-refractivity contribution < 1.29 is 5.11 Å². The largest absolute Gasteiger partial charge is 0.393 e. The van der Waals surface area contributed by atoms with Gasteiger partial charge >= 0.3 is 0 Å². The highest BCUT2D eigenvalue weighted by Gasteiger charge is 2.26. The summed E-state index contributed by atoms with van der Waals surface area (Å²) in [6.07, 6.45) is 2.66. The van der Waals surface area contributed by atoms with Gasteiger partial charge in [0.15, 0.2) is 0 Å². The van der Waals surface area contributed by atoms with E-state index >= 15 is 0 Å². The van der Waals surface area contributed by atoms with E-state index in [0.29, 0.717) is 5.92 Å². The molecule has 0 saturated heterocycles. The Labute approximate surface area is 107 Å². The third kappa shape index (κ3) is 3.46. The SMILES string of the molecule is CCCNc1cc(NCC2CC(O)C2)nc(N)n1. The topological polar surface area (TPSA) is 96.1 Å². The van der Waals surface area contributed by atoms with Gasteiger partial charge in [-0.25, -0.2) is 0 Å². The monoisotopic (exact) mass is 251 g/mol. The first-order valence-electron chi connectivity index (χ1n) is 6.47. The second-order valence-electron chi connectivity index (χ2n) is 4.80. The Morgan fingerprint density at radius 3 is 2.61 bits per heavy atom. The zero-order valence-electron chi connectivity index (χ0n) is 10.7. The molecule has 1 heterocycles. The molecule has 0 radical (unpaired) electrons. The summed E-state index contributed by atoms with van der Waals surface area (Å²) in [6.45, 7) is 3.78. The number of aliphatic hydroxyl groups is 1. The minimum Gasteiger partial charge on any atom is -0.393 e. The fourth-order valence-corrected chi connectivity index (χ4v) is 2.02. The highest BCUT2D eigenvalue weighted by molar-refractivity contribution is 5.51. The summed E-state index contributed by atoms with van der Waals surface area (Å²) in [5, 5.41) is 15.6. The molecule has 0 aromatic carbocycles. The van der Waals surface area contributed by atoms with Crippen molar-refractivity contribution >= 4 is 17.6 Å². The molecule has 0 atom stereocenters. The molecular formula is C12H21N5O. The maximum atomic E-state index is 9.22. The summed E-state index contributed by atoms with van der Waals surface area (Å²) >= 11 is 0. The maximum absolute atomic E-state index is 9.22. The Kier molecular flexibility index (Phi) is 4.19. The molecule has 5 N–H and O–H groups in total. The second-order valence-corrected chi connectivity index (χ2v) is 4.80. The molecule has 18 heavy (non-hydrogen) atoms. The molecule has 6 heteroatoms. The number of nitrogen functional groups attached to an aromatic ring is 1. The average Bonchev–Trinajstić information content (AvgIpc) is 2.30. The van der Waals surface area contributed by atoms with Crippen LogP contribution < -0.4 is 16.4 Å². The van der Waals surface area contributed by atoms with E-state index in [1.54, 1.807) is 0 Å². The molecular weight excluding hydrogens is 230 g/mol. The highest BCUT2D eigenvalue weighted by Crippen LogP contribution is 2.27. The van der Waals surface area contributed by atoms with Crippen LogP contribution in [0.25, 0.3) is 0 Å². The van der Waals surface area contributed by atoms with E-state index in [0.717, 1.165) is 44.0 Å². The number of aromatic nitrogens is 2. The third-order valence-corrected chi connectivity index (χ3v) is 3.08. The van der Waals surface area contributed by atoms with E-state index in [1.165, 1.54) is 0 Å². The number of nitrogens with two attached hydrogens (primary N) is 1. The van der Waals surface area contributed by atoms with Crippen molar-refractivity contribution in [1.29, 1.82) is 0 Å². The molecule has 6 nitrogen and oxygen atoms in total. The predicted octanol–water partition coefficient (Wildman–Crippen LogP) is 1.06. The van der Waals surface area contributed by atoms with E-state index in [-0.39, 0.29) is 12.1 Å². The standard InChI is InChI=1S/C12H21N5O/c1-2-3-14-10-6-11(17-12(13)16-10)15-7-8-4-9(18)5-8/h6,8-9,18H,2-5,7H2,1H3,(H4,13,14,15,16,17). The average molecular weight is 251 g/mol. The van der Waals surface area contributed by atoms with Crippen LogP contribution in [0.2, 0.25) is 0 Å². The van der Waals surface area contributed by atoms with Crippen LogP contribution in [-0.2, 0) is 0 Å². The Morgan fingerprint density at radius 2 is 2.00 bits per heavy atom. The van der Waals surface area contributed by atoms with E-state index in [9.17, 15) is 5.11 Å². The summed E-state index contributed by atoms with van der Waals surface area (Å²) in [5.41, 5.74) is 5.66. The van der Waals surface area contributed by atoms with Gasteiger partial charge in [-0.1, -0.05) is 6.92 Å². The predicted molar refractivity (Wildman–Crippen MR) is 72.4 cm³/mol. The van der Waals surface area contributed by atoms with Crippen LogP contribution in [0.3, 0.4) is 0 Å². The molecule has 2 rings (SSSR count). The van der Waals surface area contributed by atoms with Gasteiger partial charge in [0.05, 0.1) is 6.10 Å². The lowest BCUT2D eigenvalue weighted by atomic mass is 9.82. The lowest BCUT2D eigenvalue weighted by Crippen LogP contribution is -2.33. The number of hydrogen-bond donors (Lipinski definition) is 4. The summed E-state index contributed by atoms with van der Waals surface area (Å²) in [6, 6.07) is 1.86. The van der Waals surface area contributed by atoms with Crippen molar-refractivity contribution in [3.63, 3.8) is 0 Å². The summed E-state index contributed by atoms with van der Waals surface area (Å²) in [4.78, 5) is 8.26. The third-order valence-electron chi connectivity index (χ3n) is 3.08. The van der Waals surface area contributed by atoms with Gasteiger partial charge in [-0.15, -0.1) is 0 Å². The van der Waals surface area contributed by atoms with Gasteiger partial charge in [-0.2, -0.15) is 9.97 Å². The van der Waals surface area contributed by atoms with Crippen molar-refractivity contribution in [3.8, 4) is 0 Å². The summed E-state index contributed by atoms with van der Waals surface area (Å²) < 4.78 is 0. The summed E-state index contributed by atoms with van der Waals surface area (Å²) in [7, 11) is 0. The van der Waals surface area contributed by atoms with Crippen molar-refractivity contribution in [2.75, 3.05) is 29.5 Å². The van der Waals surface area contributed by atoms with Gasteiger partial charge in [0.2, 0.25) is 5.95 Å². The van der Waals surface area contributed by atoms with E-state index in [1.807, 2.05) is 6.07 Å². The van der Waals surface area contributed by atoms with Crippen LogP contribution in [0.5, 0.6) is 0 Å². The zero-order chi connectivity index (χ0) is 13.0. The summed E-state index contributed by atoms with van der Waals surface area (Å²) in [5.74, 6) is 2.29. The number of hydrogen-bond acceptors (Lipinski definition) is 6. The number of aliphatic hydroxyl groups excluding tert-OH is 1. The van der Waals surface area contributed by atoms with Crippen LogP contribution in [0, 0.1) is 5.92 Å². The Bertz CT molecular complexity index is 392. The molecule has 1 saturated carbocycles. The Hall–Kier alpha value is -1.56. The van der Waals surface area contributed by atoms with Crippen LogP contribution in [0.1, 0.15) is 26.2 Å². The van der Waals surface area contributed by atoms with E-state index in [2.05, 4.69) is 27.5 Å². The van der Waals surface area contributed by atoms with E-state index < -0.39 is 0 Å². The van der Waals surface area contributed by atoms with E-state index in [4.69, 9.17) is 5.73 Å². The van der Waals surface area contributed by atoms with Crippen molar-refractivity contribution in [3.05, 3.63) is 6.07 Å². The number of nitrogens with one attached hydrogen (secondary N) is 2. The van der Waals surface area contributed by atoms with Crippen LogP contribution in [0.15, 0.2) is 6.07 Å². The lowest BCUT2D eigenvalue weighted by molar-refractivity contribution is 0.0486. The quantitative estimate of drug-likeness (QED) is 0.604.